The van der Waals surface area contributed by atoms with Crippen molar-refractivity contribution in [3.63, 3.8) is 0 Å². The fraction of sp³-hybridized carbons (Fsp3) is 0.263. The summed E-state index contributed by atoms with van der Waals surface area (Å²) in [5.74, 6) is 1.38. The second-order valence-electron chi connectivity index (χ2n) is 5.92. The summed E-state index contributed by atoms with van der Waals surface area (Å²) in [5.41, 5.74) is 2.05. The Morgan fingerprint density at radius 1 is 1.04 bits per heavy atom. The Balaban J connectivity index is 1.62. The first-order valence-electron chi connectivity index (χ1n) is 8.79. The molecule has 0 aliphatic heterocycles. The predicted molar refractivity (Wildman–Crippen MR) is 105 cm³/mol. The lowest BCUT2D eigenvalue weighted by molar-refractivity contribution is 0.102. The highest BCUT2D eigenvalue weighted by molar-refractivity contribution is 6.02. The third kappa shape index (κ3) is 4.60. The van der Waals surface area contributed by atoms with Gasteiger partial charge in [-0.15, -0.1) is 10.2 Å². The normalized spacial score (nSPS) is 10.5. The second-order valence-corrected chi connectivity index (χ2v) is 5.92. The Morgan fingerprint density at radius 3 is 2.33 bits per heavy atom. The van der Waals surface area contributed by atoms with Gasteiger partial charge < -0.3 is 20.1 Å². The summed E-state index contributed by atoms with van der Waals surface area (Å²) in [6.07, 6.45) is 0. The van der Waals surface area contributed by atoms with Crippen LogP contribution in [0.4, 0.5) is 23.0 Å². The fourth-order valence-corrected chi connectivity index (χ4v) is 2.62. The van der Waals surface area contributed by atoms with Crippen LogP contribution in [0.3, 0.4) is 0 Å². The summed E-state index contributed by atoms with van der Waals surface area (Å²) in [5, 5.41) is 17.6. The summed E-state index contributed by atoms with van der Waals surface area (Å²) >= 11 is 0. The molecule has 2 aromatic heterocycles. The van der Waals surface area contributed by atoms with Crippen LogP contribution in [0.25, 0.3) is 0 Å². The summed E-state index contributed by atoms with van der Waals surface area (Å²) in [7, 11) is 0. The van der Waals surface area contributed by atoms with Gasteiger partial charge in [-0.2, -0.15) is 0 Å². The number of hydrogen-bond acceptors (Lipinski definition) is 7. The molecule has 0 aliphatic rings. The molecule has 0 bridgehead atoms. The lowest BCUT2D eigenvalue weighted by Gasteiger charge is -2.21. The highest BCUT2D eigenvalue weighted by Crippen LogP contribution is 2.18. The molecule has 0 aliphatic carbocycles. The Labute approximate surface area is 157 Å². The summed E-state index contributed by atoms with van der Waals surface area (Å²) in [6.45, 7) is 7.89. The van der Waals surface area contributed by atoms with E-state index >= 15 is 0 Å². The maximum absolute atomic E-state index is 12.3. The van der Waals surface area contributed by atoms with E-state index in [1.807, 2.05) is 24.3 Å². The van der Waals surface area contributed by atoms with Gasteiger partial charge in [0.1, 0.15) is 5.76 Å². The maximum Gasteiger partial charge on any atom is 0.276 e. The summed E-state index contributed by atoms with van der Waals surface area (Å²) < 4.78 is 4.97. The molecule has 140 valence electrons. The largest absolute Gasteiger partial charge is 0.372 e. The second kappa shape index (κ2) is 8.31. The van der Waals surface area contributed by atoms with Gasteiger partial charge in [-0.3, -0.25) is 4.79 Å². The van der Waals surface area contributed by atoms with Crippen molar-refractivity contribution in [3.05, 3.63) is 53.9 Å². The standard InChI is InChI=1S/C19H22N6O2/c1-4-25(5-2)15-8-6-14(7-9-15)20-19(26)16-10-11-17(23-22-16)21-18-12-13(3)27-24-18/h6-12H,4-5H2,1-3H3,(H,20,26)(H,21,23,24). The molecule has 0 spiro atoms. The van der Waals surface area contributed by atoms with Gasteiger partial charge in [0.25, 0.3) is 5.91 Å². The predicted octanol–water partition coefficient (Wildman–Crippen LogP) is 3.62. The Kier molecular flexibility index (Phi) is 5.65. The highest BCUT2D eigenvalue weighted by Gasteiger charge is 2.10. The van der Waals surface area contributed by atoms with Gasteiger partial charge in [0.15, 0.2) is 17.3 Å². The fourth-order valence-electron chi connectivity index (χ4n) is 2.62. The Morgan fingerprint density at radius 2 is 1.78 bits per heavy atom. The van der Waals surface area contributed by atoms with Gasteiger partial charge in [0, 0.05) is 30.5 Å². The van der Waals surface area contributed by atoms with Crippen molar-refractivity contribution < 1.29 is 9.32 Å². The number of benzene rings is 1. The third-order valence-electron chi connectivity index (χ3n) is 4.04. The molecule has 0 atom stereocenters. The third-order valence-corrected chi connectivity index (χ3v) is 4.04. The number of anilines is 4. The van der Waals surface area contributed by atoms with Gasteiger partial charge in [-0.05, 0) is 57.2 Å². The maximum atomic E-state index is 12.3. The minimum atomic E-state index is -0.318. The zero-order chi connectivity index (χ0) is 19.2. The number of nitrogens with one attached hydrogen (secondary N) is 2. The molecule has 0 saturated carbocycles. The quantitative estimate of drug-likeness (QED) is 0.659. The van der Waals surface area contributed by atoms with Crippen LogP contribution >= 0.6 is 0 Å². The molecule has 8 heteroatoms. The Hall–Kier alpha value is -3.42. The first kappa shape index (κ1) is 18.4. The molecule has 2 N–H and O–H groups in total. The molecule has 27 heavy (non-hydrogen) atoms. The van der Waals surface area contributed by atoms with E-state index in [1.165, 1.54) is 0 Å². The van der Waals surface area contributed by atoms with Crippen molar-refractivity contribution in [2.75, 3.05) is 28.6 Å². The highest BCUT2D eigenvalue weighted by atomic mass is 16.5. The first-order valence-corrected chi connectivity index (χ1v) is 8.79. The Bertz CT molecular complexity index is 885. The van der Waals surface area contributed by atoms with E-state index in [0.29, 0.717) is 23.1 Å². The minimum absolute atomic E-state index is 0.227. The van der Waals surface area contributed by atoms with Crippen molar-refractivity contribution in [2.45, 2.75) is 20.8 Å². The smallest absolute Gasteiger partial charge is 0.276 e. The van der Waals surface area contributed by atoms with Crippen molar-refractivity contribution in [3.8, 4) is 0 Å². The van der Waals surface area contributed by atoms with Gasteiger partial charge in [0.2, 0.25) is 0 Å². The summed E-state index contributed by atoms with van der Waals surface area (Å²) in [4.78, 5) is 14.6. The van der Waals surface area contributed by atoms with E-state index in [-0.39, 0.29) is 11.6 Å². The van der Waals surface area contributed by atoms with Crippen LogP contribution < -0.4 is 15.5 Å². The number of aromatic nitrogens is 3. The molecule has 8 nitrogen and oxygen atoms in total. The van der Waals surface area contributed by atoms with Crippen molar-refractivity contribution >= 4 is 28.9 Å². The monoisotopic (exact) mass is 366 g/mol. The van der Waals surface area contributed by atoms with Crippen molar-refractivity contribution in [1.82, 2.24) is 15.4 Å². The molecular formula is C19H22N6O2. The number of amides is 1. The number of rotatable bonds is 7. The van der Waals surface area contributed by atoms with Gasteiger partial charge >= 0.3 is 0 Å². The molecule has 0 saturated heterocycles. The van der Waals surface area contributed by atoms with Gasteiger partial charge in [-0.25, -0.2) is 0 Å². The van der Waals surface area contributed by atoms with E-state index < -0.39 is 0 Å². The van der Waals surface area contributed by atoms with E-state index in [9.17, 15) is 4.79 Å². The number of hydrogen-bond donors (Lipinski definition) is 2. The molecule has 0 radical (unpaired) electrons. The lowest BCUT2D eigenvalue weighted by atomic mass is 10.2. The zero-order valence-corrected chi connectivity index (χ0v) is 15.6. The lowest BCUT2D eigenvalue weighted by Crippen LogP contribution is -2.21. The van der Waals surface area contributed by atoms with Gasteiger partial charge in [-0.1, -0.05) is 5.16 Å². The first-order chi connectivity index (χ1) is 13.1. The molecule has 0 unspecified atom stereocenters. The molecule has 3 rings (SSSR count). The van der Waals surface area contributed by atoms with E-state index in [1.54, 1.807) is 25.1 Å². The zero-order valence-electron chi connectivity index (χ0n) is 15.6. The van der Waals surface area contributed by atoms with Crippen LogP contribution in [0.1, 0.15) is 30.1 Å². The van der Waals surface area contributed by atoms with E-state index in [2.05, 4.69) is 44.7 Å². The molecular weight excluding hydrogens is 344 g/mol. The van der Waals surface area contributed by atoms with Crippen molar-refractivity contribution in [2.24, 2.45) is 0 Å². The number of carbonyl (C=O) groups is 1. The SMILES string of the molecule is CCN(CC)c1ccc(NC(=O)c2ccc(Nc3cc(C)on3)nn2)cc1. The van der Waals surface area contributed by atoms with Crippen LogP contribution in [0.5, 0.6) is 0 Å². The van der Waals surface area contributed by atoms with E-state index in [4.69, 9.17) is 4.52 Å². The van der Waals surface area contributed by atoms with Crippen LogP contribution in [-0.2, 0) is 0 Å². The minimum Gasteiger partial charge on any atom is -0.372 e. The molecule has 3 aromatic rings. The average Bonchev–Trinajstić information content (AvgIpc) is 3.09. The molecule has 1 amide bonds. The number of aryl methyl sites for hydroxylation is 1. The molecule has 2 heterocycles. The molecule has 0 fully saturated rings. The summed E-state index contributed by atoms with van der Waals surface area (Å²) in [6, 6.07) is 12.7. The van der Waals surface area contributed by atoms with Gasteiger partial charge in [0.05, 0.1) is 0 Å². The topological polar surface area (TPSA) is 96.2 Å². The number of carbonyl (C=O) groups excluding carboxylic acids is 1. The van der Waals surface area contributed by atoms with Crippen molar-refractivity contribution in [1.29, 1.82) is 0 Å². The van der Waals surface area contributed by atoms with E-state index in [0.717, 1.165) is 18.8 Å². The van der Waals surface area contributed by atoms with Crippen LogP contribution in [0.15, 0.2) is 47.0 Å². The molecule has 1 aromatic carbocycles. The number of nitrogens with zero attached hydrogens (tertiary/aromatic N) is 4. The average molecular weight is 366 g/mol. The van der Waals surface area contributed by atoms with Crippen LogP contribution in [0.2, 0.25) is 0 Å². The van der Waals surface area contributed by atoms with Crippen LogP contribution in [-0.4, -0.2) is 34.4 Å². The van der Waals surface area contributed by atoms with Crippen LogP contribution in [0, 0.1) is 6.92 Å².